The molecule has 1 saturated heterocycles. The van der Waals surface area contributed by atoms with Crippen molar-refractivity contribution >= 4 is 6.09 Å². The lowest BCUT2D eigenvalue weighted by Gasteiger charge is -2.40. The summed E-state index contributed by atoms with van der Waals surface area (Å²) < 4.78 is 29.6. The normalized spacial score (nSPS) is 20.0. The summed E-state index contributed by atoms with van der Waals surface area (Å²) in [6.07, 6.45) is 8.67. The Morgan fingerprint density at radius 2 is 1.71 bits per heavy atom. The van der Waals surface area contributed by atoms with E-state index in [-0.39, 0.29) is 18.1 Å². The topological polar surface area (TPSA) is 92.2 Å². The van der Waals surface area contributed by atoms with Crippen molar-refractivity contribution in [3.05, 3.63) is 36.0 Å². The second-order valence-corrected chi connectivity index (χ2v) is 12.4. The average molecular weight is 584 g/mol. The highest BCUT2D eigenvalue weighted by molar-refractivity contribution is 5.68. The fraction of sp³-hybridized carbons (Fsp3) is 0.667. The van der Waals surface area contributed by atoms with Crippen LogP contribution in [0.1, 0.15) is 84.8 Å². The van der Waals surface area contributed by atoms with Gasteiger partial charge in [-0.3, -0.25) is 0 Å². The lowest BCUT2D eigenvalue weighted by molar-refractivity contribution is -0.170. The van der Waals surface area contributed by atoms with E-state index >= 15 is 0 Å². The number of likely N-dealkylation sites (tertiary alicyclic amines) is 1. The van der Waals surface area contributed by atoms with Crippen molar-refractivity contribution in [2.24, 2.45) is 5.92 Å². The number of rotatable bonds is 11. The van der Waals surface area contributed by atoms with Crippen LogP contribution in [-0.2, 0) is 20.6 Å². The summed E-state index contributed by atoms with van der Waals surface area (Å²) in [6.45, 7) is 8.64. The van der Waals surface area contributed by atoms with E-state index in [9.17, 15) is 4.79 Å². The number of hydrogen-bond donors (Lipinski definition) is 0. The molecule has 1 aromatic carbocycles. The number of amides is 1. The molecule has 2 aliphatic rings. The molecular weight excluding hydrogens is 534 g/mol. The van der Waals surface area contributed by atoms with Crippen molar-refractivity contribution in [3.8, 4) is 22.8 Å². The predicted octanol–water partition coefficient (Wildman–Crippen LogP) is 6.82. The molecule has 2 fully saturated rings. The molecule has 2 unspecified atom stereocenters. The maximum atomic E-state index is 12.8. The third kappa shape index (κ3) is 8.80. The number of benzene rings is 1. The van der Waals surface area contributed by atoms with Gasteiger partial charge in [0.05, 0.1) is 17.7 Å². The molecule has 1 aliphatic carbocycles. The fourth-order valence-corrected chi connectivity index (χ4v) is 5.79. The van der Waals surface area contributed by atoms with Crippen molar-refractivity contribution in [3.63, 3.8) is 0 Å². The van der Waals surface area contributed by atoms with Crippen molar-refractivity contribution in [2.45, 2.75) is 110 Å². The van der Waals surface area contributed by atoms with E-state index in [0.717, 1.165) is 54.7 Å². The molecule has 2 heterocycles. The van der Waals surface area contributed by atoms with Gasteiger partial charge >= 0.3 is 6.09 Å². The Balaban J connectivity index is 1.53. The van der Waals surface area contributed by atoms with Gasteiger partial charge in [0.1, 0.15) is 17.5 Å². The summed E-state index contributed by atoms with van der Waals surface area (Å²) >= 11 is 0. The van der Waals surface area contributed by atoms with Crippen LogP contribution < -0.4 is 9.47 Å². The molecular formula is C33H49N3O6. The van der Waals surface area contributed by atoms with Gasteiger partial charge < -0.3 is 28.6 Å². The summed E-state index contributed by atoms with van der Waals surface area (Å²) in [6, 6.07) is 10.3. The molecule has 2 aromatic rings. The molecule has 1 aliphatic heterocycles. The zero-order valence-corrected chi connectivity index (χ0v) is 26.3. The molecule has 0 N–H and O–H groups in total. The Morgan fingerprint density at radius 3 is 2.36 bits per heavy atom. The van der Waals surface area contributed by atoms with Crippen molar-refractivity contribution in [1.29, 1.82) is 0 Å². The molecule has 0 bridgehead atoms. The Labute approximate surface area is 251 Å². The highest BCUT2D eigenvalue weighted by atomic mass is 16.7. The zero-order chi connectivity index (χ0) is 30.1. The van der Waals surface area contributed by atoms with E-state index in [2.05, 4.69) is 41.4 Å². The summed E-state index contributed by atoms with van der Waals surface area (Å²) in [4.78, 5) is 14.5. The number of piperidine rings is 1. The molecule has 4 rings (SSSR count). The van der Waals surface area contributed by atoms with Crippen LogP contribution >= 0.6 is 0 Å². The number of carbonyl (C=O) groups excluding carboxylic acids is 1. The summed E-state index contributed by atoms with van der Waals surface area (Å²) in [7, 11) is 3.19. The molecule has 9 heteroatoms. The van der Waals surface area contributed by atoms with Crippen LogP contribution in [0.3, 0.4) is 0 Å². The van der Waals surface area contributed by atoms with Gasteiger partial charge in [0, 0.05) is 45.4 Å². The number of ether oxygens (including phenoxy) is 5. The molecule has 1 saturated carbocycles. The van der Waals surface area contributed by atoms with Gasteiger partial charge in [-0.1, -0.05) is 31.9 Å². The Hall–Kier alpha value is -2.91. The minimum atomic E-state index is -0.576. The molecule has 2 atom stereocenters. The Morgan fingerprint density at radius 1 is 1.00 bits per heavy atom. The third-order valence-electron chi connectivity index (χ3n) is 7.97. The van der Waals surface area contributed by atoms with Crippen LogP contribution in [0.15, 0.2) is 30.3 Å². The van der Waals surface area contributed by atoms with E-state index < -0.39 is 11.9 Å². The molecule has 0 spiro atoms. The number of hydrogen-bond acceptors (Lipinski definition) is 8. The van der Waals surface area contributed by atoms with E-state index in [4.69, 9.17) is 23.7 Å². The van der Waals surface area contributed by atoms with E-state index in [1.807, 2.05) is 26.8 Å². The fourth-order valence-electron chi connectivity index (χ4n) is 5.79. The van der Waals surface area contributed by atoms with Crippen molar-refractivity contribution in [2.75, 3.05) is 27.3 Å². The van der Waals surface area contributed by atoms with Crippen LogP contribution in [-0.4, -0.2) is 72.6 Å². The maximum absolute atomic E-state index is 12.8. The maximum Gasteiger partial charge on any atom is 0.410 e. The molecule has 232 valence electrons. The van der Waals surface area contributed by atoms with Crippen LogP contribution in [0.4, 0.5) is 4.79 Å². The number of aryl methyl sites for hydroxylation is 1. The molecule has 9 nitrogen and oxygen atoms in total. The summed E-state index contributed by atoms with van der Waals surface area (Å²) in [5.41, 5.74) is 2.44. The molecule has 1 amide bonds. The first-order chi connectivity index (χ1) is 20.2. The lowest BCUT2D eigenvalue weighted by Crippen LogP contribution is -2.53. The highest BCUT2D eigenvalue weighted by Gasteiger charge is 2.40. The molecule has 0 radical (unpaired) electrons. The summed E-state index contributed by atoms with van der Waals surface area (Å²) in [5.74, 6) is 1.10. The second-order valence-electron chi connectivity index (χ2n) is 12.4. The smallest absolute Gasteiger partial charge is 0.410 e. The molecule has 42 heavy (non-hydrogen) atoms. The van der Waals surface area contributed by atoms with Crippen LogP contribution in [0.2, 0.25) is 0 Å². The quantitative estimate of drug-likeness (QED) is 0.266. The number of methoxy groups -OCH3 is 2. The van der Waals surface area contributed by atoms with Gasteiger partial charge in [0.25, 0.3) is 0 Å². The van der Waals surface area contributed by atoms with Gasteiger partial charge in [0.2, 0.25) is 5.88 Å². The Bertz CT molecular complexity index is 1130. The monoisotopic (exact) mass is 583 g/mol. The van der Waals surface area contributed by atoms with Crippen molar-refractivity contribution in [1.82, 2.24) is 15.1 Å². The first-order valence-corrected chi connectivity index (χ1v) is 15.5. The number of nitrogens with zero attached hydrogens (tertiary/aromatic N) is 3. The van der Waals surface area contributed by atoms with Crippen LogP contribution in [0.25, 0.3) is 11.1 Å². The number of unbranched alkanes of at least 4 members (excludes halogenated alkanes) is 1. The second kappa shape index (κ2) is 15.0. The van der Waals surface area contributed by atoms with Gasteiger partial charge in [-0.25, -0.2) is 4.79 Å². The SMILES string of the molecule is CCCCc1nnc(OC2CCN(C(=O)OC(C)(C)C)CC2C(OC)OC)cc1-c1ccc(OC2CCCCC2)cc1. The standard InChI is InChI=1S/C33H49N3O6/c1-7-8-14-28-26(23-15-17-25(18-16-23)40-24-12-10-9-11-13-24)21-30(35-34-28)41-29-19-20-36(32(37)42-33(2,3)4)22-27(29)31(38-5)39-6/h15-18,21,24,27,29,31H,7-14,19-20,22H2,1-6H3. The first kappa shape index (κ1) is 32.0. The highest BCUT2D eigenvalue weighted by Crippen LogP contribution is 2.32. The molecule has 1 aromatic heterocycles. The van der Waals surface area contributed by atoms with E-state index in [1.54, 1.807) is 19.1 Å². The summed E-state index contributed by atoms with van der Waals surface area (Å²) in [5, 5.41) is 9.09. The lowest BCUT2D eigenvalue weighted by atomic mass is 9.93. The average Bonchev–Trinajstić information content (AvgIpc) is 2.98. The third-order valence-corrected chi connectivity index (χ3v) is 7.97. The largest absolute Gasteiger partial charge is 0.490 e. The Kier molecular flexibility index (Phi) is 11.4. The van der Waals surface area contributed by atoms with E-state index in [1.165, 1.54) is 19.3 Å². The minimum absolute atomic E-state index is 0.248. The zero-order valence-electron chi connectivity index (χ0n) is 26.3. The van der Waals surface area contributed by atoms with E-state index in [0.29, 0.717) is 31.5 Å². The first-order valence-electron chi connectivity index (χ1n) is 15.5. The van der Waals surface area contributed by atoms with Crippen LogP contribution in [0.5, 0.6) is 11.6 Å². The van der Waals surface area contributed by atoms with Crippen molar-refractivity contribution < 1.29 is 28.5 Å². The van der Waals surface area contributed by atoms with Gasteiger partial charge in [-0.2, -0.15) is 5.10 Å². The predicted molar refractivity (Wildman–Crippen MR) is 162 cm³/mol. The van der Waals surface area contributed by atoms with Gasteiger partial charge in [0.15, 0.2) is 6.29 Å². The minimum Gasteiger partial charge on any atom is -0.490 e. The van der Waals surface area contributed by atoms with Crippen LogP contribution in [0, 0.1) is 5.92 Å². The van der Waals surface area contributed by atoms with Gasteiger partial charge in [-0.15, -0.1) is 5.10 Å². The number of aromatic nitrogens is 2. The number of carbonyl (C=O) groups is 1. The van der Waals surface area contributed by atoms with Gasteiger partial charge in [-0.05, 0) is 77.0 Å².